The number of rotatable bonds is 5. The highest BCUT2D eigenvalue weighted by atomic mass is 16.5. The third-order valence-corrected chi connectivity index (χ3v) is 3.15. The summed E-state index contributed by atoms with van der Waals surface area (Å²) in [6, 6.07) is 7.50. The van der Waals surface area contributed by atoms with Crippen molar-refractivity contribution in [3.8, 4) is 5.75 Å². The van der Waals surface area contributed by atoms with Gasteiger partial charge in [0.15, 0.2) is 6.61 Å². The summed E-state index contributed by atoms with van der Waals surface area (Å²) in [7, 11) is 0. The maximum atomic E-state index is 11.7. The molecular formula is C16H18N2O3. The lowest BCUT2D eigenvalue weighted by molar-refractivity contribution is -0.123. The van der Waals surface area contributed by atoms with E-state index in [1.807, 2.05) is 32.9 Å². The Morgan fingerprint density at radius 2 is 2.05 bits per heavy atom. The van der Waals surface area contributed by atoms with Crippen LogP contribution in [0.25, 0.3) is 0 Å². The summed E-state index contributed by atoms with van der Waals surface area (Å²) in [6.07, 6.45) is 2.97. The van der Waals surface area contributed by atoms with Gasteiger partial charge in [-0.2, -0.15) is 5.10 Å². The Balaban J connectivity index is 1.88. The van der Waals surface area contributed by atoms with Crippen LogP contribution in [0.3, 0.4) is 0 Å². The maximum absolute atomic E-state index is 11.7. The Hall–Kier alpha value is -2.56. The minimum Gasteiger partial charge on any atom is -0.483 e. The molecule has 0 saturated heterocycles. The summed E-state index contributed by atoms with van der Waals surface area (Å²) in [4.78, 5) is 11.7. The largest absolute Gasteiger partial charge is 0.483 e. The highest BCUT2D eigenvalue weighted by Gasteiger charge is 2.08. The Morgan fingerprint density at radius 3 is 2.76 bits per heavy atom. The van der Waals surface area contributed by atoms with E-state index in [2.05, 4.69) is 10.5 Å². The molecular weight excluding hydrogens is 268 g/mol. The van der Waals surface area contributed by atoms with Gasteiger partial charge in [0.1, 0.15) is 11.5 Å². The van der Waals surface area contributed by atoms with Crippen LogP contribution in [0.2, 0.25) is 0 Å². The number of benzene rings is 1. The lowest BCUT2D eigenvalue weighted by atomic mass is 10.1. The second kappa shape index (κ2) is 6.74. The number of aryl methyl sites for hydroxylation is 2. The van der Waals surface area contributed by atoms with E-state index in [0.29, 0.717) is 5.76 Å². The second-order valence-electron chi connectivity index (χ2n) is 4.75. The fourth-order valence-electron chi connectivity index (χ4n) is 1.85. The Bertz CT molecular complexity index is 646. The molecule has 0 fully saturated rings. The molecule has 1 aromatic heterocycles. The van der Waals surface area contributed by atoms with Gasteiger partial charge in [-0.3, -0.25) is 4.79 Å². The van der Waals surface area contributed by atoms with Crippen LogP contribution in [0.15, 0.2) is 40.0 Å². The zero-order valence-corrected chi connectivity index (χ0v) is 12.3. The van der Waals surface area contributed by atoms with Crippen molar-refractivity contribution in [2.45, 2.75) is 20.8 Å². The SMILES string of the molecule is Cc1ccc(C)c(OCC(=O)NN=Cc2ccco2)c1C. The molecule has 110 valence electrons. The highest BCUT2D eigenvalue weighted by molar-refractivity contribution is 5.81. The summed E-state index contributed by atoms with van der Waals surface area (Å²) in [5.74, 6) is 1.000. The van der Waals surface area contributed by atoms with Crippen LogP contribution in [0.4, 0.5) is 0 Å². The van der Waals surface area contributed by atoms with E-state index in [9.17, 15) is 4.79 Å². The highest BCUT2D eigenvalue weighted by Crippen LogP contribution is 2.25. The van der Waals surface area contributed by atoms with Crippen LogP contribution in [-0.4, -0.2) is 18.7 Å². The molecule has 0 saturated carbocycles. The summed E-state index contributed by atoms with van der Waals surface area (Å²) in [5.41, 5.74) is 5.57. The first kappa shape index (κ1) is 14.8. The molecule has 0 aliphatic carbocycles. The maximum Gasteiger partial charge on any atom is 0.277 e. The second-order valence-corrected chi connectivity index (χ2v) is 4.75. The number of carbonyl (C=O) groups excluding carboxylic acids is 1. The zero-order valence-electron chi connectivity index (χ0n) is 12.3. The van der Waals surface area contributed by atoms with Crippen LogP contribution in [0.1, 0.15) is 22.5 Å². The minimum atomic E-state index is -0.321. The van der Waals surface area contributed by atoms with Crippen molar-refractivity contribution in [3.05, 3.63) is 53.0 Å². The minimum absolute atomic E-state index is 0.0827. The monoisotopic (exact) mass is 286 g/mol. The van der Waals surface area contributed by atoms with Crippen LogP contribution in [0, 0.1) is 20.8 Å². The number of nitrogens with one attached hydrogen (secondary N) is 1. The Kier molecular flexibility index (Phi) is 4.77. The van der Waals surface area contributed by atoms with Crippen molar-refractivity contribution >= 4 is 12.1 Å². The van der Waals surface area contributed by atoms with Gasteiger partial charge in [-0.1, -0.05) is 12.1 Å². The van der Waals surface area contributed by atoms with E-state index in [1.54, 1.807) is 12.1 Å². The van der Waals surface area contributed by atoms with Gasteiger partial charge in [-0.25, -0.2) is 5.43 Å². The van der Waals surface area contributed by atoms with E-state index in [0.717, 1.165) is 22.4 Å². The van der Waals surface area contributed by atoms with Crippen molar-refractivity contribution in [3.63, 3.8) is 0 Å². The van der Waals surface area contributed by atoms with Crippen LogP contribution >= 0.6 is 0 Å². The van der Waals surface area contributed by atoms with Crippen molar-refractivity contribution in [1.82, 2.24) is 5.43 Å². The average Bonchev–Trinajstić information content (AvgIpc) is 2.96. The van der Waals surface area contributed by atoms with Crippen LogP contribution in [0.5, 0.6) is 5.75 Å². The number of hydrazone groups is 1. The fourth-order valence-corrected chi connectivity index (χ4v) is 1.85. The van der Waals surface area contributed by atoms with Gasteiger partial charge in [-0.05, 0) is 49.6 Å². The predicted octanol–water partition coefficient (Wildman–Crippen LogP) is 2.73. The first-order valence-electron chi connectivity index (χ1n) is 6.63. The number of furan rings is 1. The molecule has 5 nitrogen and oxygen atoms in total. The van der Waals surface area contributed by atoms with E-state index in [-0.39, 0.29) is 12.5 Å². The molecule has 0 aliphatic heterocycles. The first-order chi connectivity index (χ1) is 10.1. The van der Waals surface area contributed by atoms with E-state index in [1.165, 1.54) is 12.5 Å². The zero-order chi connectivity index (χ0) is 15.2. The third-order valence-electron chi connectivity index (χ3n) is 3.15. The van der Waals surface area contributed by atoms with Crippen LogP contribution in [-0.2, 0) is 4.79 Å². The number of amides is 1. The molecule has 0 bridgehead atoms. The lowest BCUT2D eigenvalue weighted by Crippen LogP contribution is -2.25. The van der Waals surface area contributed by atoms with Gasteiger partial charge < -0.3 is 9.15 Å². The van der Waals surface area contributed by atoms with Crippen LogP contribution < -0.4 is 10.2 Å². The molecule has 2 rings (SSSR count). The summed E-state index contributed by atoms with van der Waals surface area (Å²) in [5, 5.41) is 3.79. The van der Waals surface area contributed by atoms with Gasteiger partial charge in [0.25, 0.3) is 5.91 Å². The molecule has 1 amide bonds. The summed E-state index contributed by atoms with van der Waals surface area (Å²) >= 11 is 0. The van der Waals surface area contributed by atoms with Crippen molar-refractivity contribution in [2.24, 2.45) is 5.10 Å². The normalized spacial score (nSPS) is 10.8. The molecule has 5 heteroatoms. The molecule has 1 heterocycles. The molecule has 0 unspecified atom stereocenters. The van der Waals surface area contributed by atoms with Gasteiger partial charge in [0.05, 0.1) is 12.5 Å². The number of nitrogens with zero attached hydrogens (tertiary/aromatic N) is 1. The number of carbonyl (C=O) groups is 1. The Morgan fingerprint density at radius 1 is 1.29 bits per heavy atom. The Labute approximate surface area is 123 Å². The van der Waals surface area contributed by atoms with Crippen molar-refractivity contribution in [1.29, 1.82) is 0 Å². The summed E-state index contributed by atoms with van der Waals surface area (Å²) < 4.78 is 10.6. The third kappa shape index (κ3) is 3.95. The van der Waals surface area contributed by atoms with Crippen molar-refractivity contribution in [2.75, 3.05) is 6.61 Å². The molecule has 0 radical (unpaired) electrons. The molecule has 0 aliphatic rings. The number of hydrogen-bond acceptors (Lipinski definition) is 4. The van der Waals surface area contributed by atoms with Gasteiger partial charge in [0, 0.05) is 0 Å². The van der Waals surface area contributed by atoms with Gasteiger partial charge in [-0.15, -0.1) is 0 Å². The molecule has 0 spiro atoms. The number of ether oxygens (including phenoxy) is 1. The quantitative estimate of drug-likeness (QED) is 0.679. The smallest absolute Gasteiger partial charge is 0.277 e. The topological polar surface area (TPSA) is 63.8 Å². The molecule has 1 aromatic carbocycles. The van der Waals surface area contributed by atoms with Gasteiger partial charge >= 0.3 is 0 Å². The van der Waals surface area contributed by atoms with Gasteiger partial charge in [0.2, 0.25) is 0 Å². The standard InChI is InChI=1S/C16H18N2O3/c1-11-6-7-12(2)16(13(11)3)21-10-15(19)18-17-9-14-5-4-8-20-14/h4-9H,10H2,1-3H3,(H,18,19). The lowest BCUT2D eigenvalue weighted by Gasteiger charge is -2.13. The average molecular weight is 286 g/mol. The fraction of sp³-hybridized carbons (Fsp3) is 0.250. The number of hydrogen-bond donors (Lipinski definition) is 1. The molecule has 0 atom stereocenters. The van der Waals surface area contributed by atoms with Crippen molar-refractivity contribution < 1.29 is 13.9 Å². The van der Waals surface area contributed by atoms with E-state index >= 15 is 0 Å². The summed E-state index contributed by atoms with van der Waals surface area (Å²) in [6.45, 7) is 5.86. The predicted molar refractivity (Wildman–Crippen MR) is 80.6 cm³/mol. The first-order valence-corrected chi connectivity index (χ1v) is 6.63. The molecule has 1 N–H and O–H groups in total. The van der Waals surface area contributed by atoms with E-state index < -0.39 is 0 Å². The van der Waals surface area contributed by atoms with E-state index in [4.69, 9.17) is 9.15 Å². The molecule has 2 aromatic rings. The molecule has 21 heavy (non-hydrogen) atoms.